The van der Waals surface area contributed by atoms with Gasteiger partial charge in [0.15, 0.2) is 5.16 Å². The number of nitrogens with zero attached hydrogens (tertiary/aromatic N) is 2. The fourth-order valence-electron chi connectivity index (χ4n) is 3.66. The molecule has 0 saturated carbocycles. The molecule has 0 aliphatic heterocycles. The first-order valence-corrected chi connectivity index (χ1v) is 14.2. The van der Waals surface area contributed by atoms with Gasteiger partial charge in [0.1, 0.15) is 0 Å². The highest BCUT2D eigenvalue weighted by atomic mass is 35.5. The van der Waals surface area contributed by atoms with E-state index < -0.39 is 33.2 Å². The molecule has 0 atom stereocenters. The average Bonchev–Trinajstić information content (AvgIpc) is 2.87. The lowest BCUT2D eigenvalue weighted by atomic mass is 10.1. The number of nitrogens with two attached hydrogens (primary N) is 1. The van der Waals surface area contributed by atoms with Crippen molar-refractivity contribution >= 4 is 50.2 Å². The first kappa shape index (κ1) is 28.6. The molecule has 14 heteroatoms. The average molecular weight is 597 g/mol. The van der Waals surface area contributed by atoms with Gasteiger partial charge in [-0.15, -0.1) is 0 Å². The Morgan fingerprint density at radius 2 is 1.77 bits per heavy atom. The highest BCUT2D eigenvalue weighted by molar-refractivity contribution is 7.99. The number of benzene rings is 3. The Morgan fingerprint density at radius 3 is 2.44 bits per heavy atom. The van der Waals surface area contributed by atoms with Crippen molar-refractivity contribution in [2.75, 3.05) is 12.3 Å². The summed E-state index contributed by atoms with van der Waals surface area (Å²) in [4.78, 5) is 30.3. The summed E-state index contributed by atoms with van der Waals surface area (Å²) in [5.41, 5.74) is -0.756. The van der Waals surface area contributed by atoms with E-state index in [0.29, 0.717) is 11.9 Å². The Labute approximate surface area is 230 Å². The number of aromatic nitrogens is 2. The molecule has 3 N–H and O–H groups in total. The molecule has 0 unspecified atom stereocenters. The number of hydrogen-bond donors (Lipinski definition) is 2. The lowest BCUT2D eigenvalue weighted by molar-refractivity contribution is -0.137. The number of carbonyl (C=O) groups is 1. The van der Waals surface area contributed by atoms with Gasteiger partial charge >= 0.3 is 6.18 Å². The highest BCUT2D eigenvalue weighted by Gasteiger charge is 2.31. The number of thioether (sulfide) groups is 1. The normalized spacial score (nSPS) is 12.0. The van der Waals surface area contributed by atoms with Crippen molar-refractivity contribution in [1.29, 1.82) is 0 Å². The van der Waals surface area contributed by atoms with Crippen LogP contribution < -0.4 is 16.0 Å². The zero-order valence-electron chi connectivity index (χ0n) is 19.9. The monoisotopic (exact) mass is 596 g/mol. The molecule has 0 fully saturated rings. The summed E-state index contributed by atoms with van der Waals surface area (Å²) < 4.78 is 63.9. The molecule has 39 heavy (non-hydrogen) atoms. The quantitative estimate of drug-likeness (QED) is 0.233. The van der Waals surface area contributed by atoms with Gasteiger partial charge in [-0.05, 0) is 54.4 Å². The number of carbonyl (C=O) groups excluding carboxylic acids is 1. The van der Waals surface area contributed by atoms with Crippen LogP contribution in [0.5, 0.6) is 0 Å². The van der Waals surface area contributed by atoms with Crippen molar-refractivity contribution in [3.05, 3.63) is 93.2 Å². The first-order valence-electron chi connectivity index (χ1n) is 11.2. The van der Waals surface area contributed by atoms with Crippen LogP contribution in [0, 0.1) is 0 Å². The maximum absolute atomic E-state index is 13.4. The minimum atomic E-state index is -4.67. The van der Waals surface area contributed by atoms with E-state index in [0.717, 1.165) is 40.1 Å². The van der Waals surface area contributed by atoms with Gasteiger partial charge in [-0.1, -0.05) is 47.6 Å². The number of fused-ring (bicyclic) bond motifs is 1. The SMILES string of the molecule is NS(=O)(=O)c1ccc(CCNC(=O)CSc2nc3ccccc3c(=O)n2-c2cc(C(F)(F)F)ccc2Cl)cc1. The Hall–Kier alpha value is -3.39. The van der Waals surface area contributed by atoms with Crippen LogP contribution in [0.25, 0.3) is 16.6 Å². The Morgan fingerprint density at radius 1 is 1.08 bits per heavy atom. The van der Waals surface area contributed by atoms with Gasteiger partial charge in [0.05, 0.1) is 37.8 Å². The standard InChI is InChI=1S/C25H20ClF3N4O4S2/c26-19-10-7-16(25(27,28)29)13-21(19)33-23(35)18-3-1-2-4-20(18)32-24(33)38-14-22(34)31-12-11-15-5-8-17(9-6-15)39(30,36)37/h1-10,13H,11-12,14H2,(H,31,34)(H2,30,36,37). The smallest absolute Gasteiger partial charge is 0.355 e. The van der Waals surface area contributed by atoms with E-state index in [1.165, 1.54) is 18.2 Å². The Balaban J connectivity index is 1.55. The molecule has 0 bridgehead atoms. The van der Waals surface area contributed by atoms with Crippen molar-refractivity contribution in [2.45, 2.75) is 22.6 Å². The number of para-hydroxylation sites is 1. The number of nitrogens with one attached hydrogen (secondary N) is 1. The van der Waals surface area contributed by atoms with Crippen molar-refractivity contribution in [2.24, 2.45) is 5.14 Å². The molecule has 8 nitrogen and oxygen atoms in total. The maximum Gasteiger partial charge on any atom is 0.416 e. The van der Waals surface area contributed by atoms with E-state index in [-0.39, 0.29) is 38.4 Å². The van der Waals surface area contributed by atoms with E-state index in [9.17, 15) is 31.2 Å². The van der Waals surface area contributed by atoms with Crippen LogP contribution >= 0.6 is 23.4 Å². The van der Waals surface area contributed by atoms with Crippen LogP contribution in [0.3, 0.4) is 0 Å². The van der Waals surface area contributed by atoms with Gasteiger partial charge < -0.3 is 5.32 Å². The minimum Gasteiger partial charge on any atom is -0.355 e. The van der Waals surface area contributed by atoms with Crippen LogP contribution in [-0.2, 0) is 27.4 Å². The second-order valence-corrected chi connectivity index (χ2v) is 11.2. The van der Waals surface area contributed by atoms with E-state index in [4.69, 9.17) is 16.7 Å². The first-order chi connectivity index (χ1) is 18.3. The van der Waals surface area contributed by atoms with Crippen LogP contribution in [0.4, 0.5) is 13.2 Å². The zero-order valence-corrected chi connectivity index (χ0v) is 22.3. The van der Waals surface area contributed by atoms with Crippen LogP contribution in [-0.4, -0.2) is 36.2 Å². The lowest BCUT2D eigenvalue weighted by Gasteiger charge is -2.16. The molecular weight excluding hydrogens is 577 g/mol. The number of hydrogen-bond acceptors (Lipinski definition) is 6. The van der Waals surface area contributed by atoms with Gasteiger partial charge in [-0.25, -0.2) is 18.5 Å². The van der Waals surface area contributed by atoms with Crippen LogP contribution in [0.2, 0.25) is 5.02 Å². The molecular formula is C25H20ClF3N4O4S2. The topological polar surface area (TPSA) is 124 Å². The fraction of sp³-hybridized carbons (Fsp3) is 0.160. The lowest BCUT2D eigenvalue weighted by Crippen LogP contribution is -2.28. The third-order valence-corrected chi connectivity index (χ3v) is 7.77. The molecule has 0 spiro atoms. The molecule has 0 radical (unpaired) electrons. The van der Waals surface area contributed by atoms with Gasteiger partial charge in [0, 0.05) is 6.54 Å². The summed E-state index contributed by atoms with van der Waals surface area (Å²) in [7, 11) is -3.81. The van der Waals surface area contributed by atoms with Crippen molar-refractivity contribution in [1.82, 2.24) is 14.9 Å². The zero-order chi connectivity index (χ0) is 28.4. The fourth-order valence-corrected chi connectivity index (χ4v) is 5.21. The second kappa shape index (κ2) is 11.4. The molecule has 1 amide bonds. The van der Waals surface area contributed by atoms with E-state index in [2.05, 4.69) is 10.3 Å². The predicted octanol–water partition coefficient (Wildman–Crippen LogP) is 4.16. The number of amides is 1. The molecule has 3 aromatic carbocycles. The molecule has 204 valence electrons. The van der Waals surface area contributed by atoms with Gasteiger partial charge in [0.25, 0.3) is 5.56 Å². The number of alkyl halides is 3. The van der Waals surface area contributed by atoms with Gasteiger partial charge in [0.2, 0.25) is 15.9 Å². The van der Waals surface area contributed by atoms with E-state index in [1.54, 1.807) is 30.3 Å². The predicted molar refractivity (Wildman–Crippen MR) is 143 cm³/mol. The third kappa shape index (κ3) is 6.79. The highest BCUT2D eigenvalue weighted by Crippen LogP contribution is 2.34. The summed E-state index contributed by atoms with van der Waals surface area (Å²) in [6.07, 6.45) is -4.26. The maximum atomic E-state index is 13.4. The molecule has 1 aromatic heterocycles. The van der Waals surface area contributed by atoms with Gasteiger partial charge in [-0.3, -0.25) is 14.2 Å². The van der Waals surface area contributed by atoms with Crippen LogP contribution in [0.15, 0.2) is 81.6 Å². The largest absolute Gasteiger partial charge is 0.416 e. The number of sulfonamides is 1. The molecule has 4 aromatic rings. The Kier molecular flexibility index (Phi) is 8.35. The van der Waals surface area contributed by atoms with E-state index >= 15 is 0 Å². The van der Waals surface area contributed by atoms with Crippen molar-refractivity contribution < 1.29 is 26.4 Å². The number of primary sulfonamides is 1. The molecule has 0 aliphatic rings. The van der Waals surface area contributed by atoms with Crippen LogP contribution in [0.1, 0.15) is 11.1 Å². The molecule has 1 heterocycles. The van der Waals surface area contributed by atoms with Crippen molar-refractivity contribution in [3.8, 4) is 5.69 Å². The third-order valence-electron chi connectivity index (χ3n) is 5.58. The molecule has 4 rings (SSSR count). The minimum absolute atomic E-state index is 0.00587. The summed E-state index contributed by atoms with van der Waals surface area (Å²) in [5.74, 6) is -0.601. The second-order valence-electron chi connectivity index (χ2n) is 8.29. The number of halogens is 4. The summed E-state index contributed by atoms with van der Waals surface area (Å²) >= 11 is 7.09. The van der Waals surface area contributed by atoms with E-state index in [1.807, 2.05) is 0 Å². The number of rotatable bonds is 8. The summed E-state index contributed by atoms with van der Waals surface area (Å²) in [6, 6.07) is 14.9. The molecule has 0 aliphatic carbocycles. The summed E-state index contributed by atoms with van der Waals surface area (Å²) in [5, 5.41) is 7.86. The molecule has 0 saturated heterocycles. The summed E-state index contributed by atoms with van der Waals surface area (Å²) in [6.45, 7) is 0.228. The van der Waals surface area contributed by atoms with Gasteiger partial charge in [-0.2, -0.15) is 13.2 Å². The van der Waals surface area contributed by atoms with Crippen molar-refractivity contribution in [3.63, 3.8) is 0 Å². The Bertz CT molecular complexity index is 1710.